The van der Waals surface area contributed by atoms with Crippen molar-refractivity contribution in [2.75, 3.05) is 6.61 Å². The lowest BCUT2D eigenvalue weighted by molar-refractivity contribution is -0.123. The van der Waals surface area contributed by atoms with Crippen LogP contribution in [0.3, 0.4) is 0 Å². The number of thiophene rings is 1. The number of hydrazone groups is 1. The van der Waals surface area contributed by atoms with Gasteiger partial charge in [-0.15, -0.1) is 11.3 Å². The van der Waals surface area contributed by atoms with Crippen LogP contribution in [-0.4, -0.2) is 29.3 Å². The number of nitrogens with zero attached hydrogens (tertiary/aromatic N) is 1. The van der Waals surface area contributed by atoms with E-state index >= 15 is 0 Å². The number of carboxylic acids is 1. The second-order valence-electron chi connectivity index (χ2n) is 6.76. The van der Waals surface area contributed by atoms with Crippen molar-refractivity contribution in [3.63, 3.8) is 0 Å². The highest BCUT2D eigenvalue weighted by molar-refractivity contribution is 7.15. The zero-order valence-electron chi connectivity index (χ0n) is 15.2. The highest BCUT2D eigenvalue weighted by Crippen LogP contribution is 2.24. The van der Waals surface area contributed by atoms with Crippen molar-refractivity contribution in [2.45, 2.75) is 33.1 Å². The lowest BCUT2D eigenvalue weighted by atomic mass is 9.87. The van der Waals surface area contributed by atoms with Gasteiger partial charge < -0.3 is 9.84 Å². The van der Waals surface area contributed by atoms with E-state index in [0.717, 1.165) is 11.3 Å². The first-order chi connectivity index (χ1) is 12.2. The predicted molar refractivity (Wildman–Crippen MR) is 102 cm³/mol. The highest BCUT2D eigenvalue weighted by Gasteiger charge is 2.13. The number of rotatable bonds is 6. The molecule has 1 aromatic carbocycles. The van der Waals surface area contributed by atoms with Crippen molar-refractivity contribution < 1.29 is 19.4 Å². The quantitative estimate of drug-likeness (QED) is 0.596. The molecule has 0 bridgehead atoms. The second kappa shape index (κ2) is 8.14. The van der Waals surface area contributed by atoms with Gasteiger partial charge in [-0.3, -0.25) is 4.79 Å². The fourth-order valence-electron chi connectivity index (χ4n) is 2.08. The molecule has 0 saturated carbocycles. The molecule has 6 nitrogen and oxygen atoms in total. The normalized spacial score (nSPS) is 11.9. The molecule has 0 unspecified atom stereocenters. The minimum Gasteiger partial charge on any atom is -0.484 e. The number of carbonyl (C=O) groups is 2. The van der Waals surface area contributed by atoms with Gasteiger partial charge in [-0.2, -0.15) is 5.10 Å². The van der Waals surface area contributed by atoms with Crippen LogP contribution in [0.1, 0.15) is 47.8 Å². The van der Waals surface area contributed by atoms with Crippen molar-refractivity contribution in [1.29, 1.82) is 0 Å². The van der Waals surface area contributed by atoms with Gasteiger partial charge in [0.05, 0.1) is 10.6 Å². The van der Waals surface area contributed by atoms with Crippen molar-refractivity contribution in [2.24, 2.45) is 5.10 Å². The van der Waals surface area contributed by atoms with Crippen LogP contribution < -0.4 is 10.2 Å². The number of benzene rings is 1. The van der Waals surface area contributed by atoms with Crippen LogP contribution in [0, 0.1) is 0 Å². The number of carbonyl (C=O) groups excluding carboxylic acids is 1. The van der Waals surface area contributed by atoms with E-state index in [0.29, 0.717) is 16.3 Å². The summed E-state index contributed by atoms with van der Waals surface area (Å²) in [5.41, 5.74) is 4.19. The first kappa shape index (κ1) is 19.7. The van der Waals surface area contributed by atoms with E-state index in [-0.39, 0.29) is 22.8 Å². The maximum atomic E-state index is 11.9. The molecule has 2 N–H and O–H groups in total. The van der Waals surface area contributed by atoms with Crippen molar-refractivity contribution >= 4 is 28.9 Å². The molecular formula is C19H22N2O4S. The van der Waals surface area contributed by atoms with Crippen LogP contribution in [0.15, 0.2) is 41.5 Å². The maximum Gasteiger partial charge on any atom is 0.345 e. The summed E-state index contributed by atoms with van der Waals surface area (Å²) in [6.07, 6.45) is 0. The third kappa shape index (κ3) is 5.42. The molecule has 1 aromatic heterocycles. The summed E-state index contributed by atoms with van der Waals surface area (Å²) in [5, 5.41) is 12.9. The molecule has 0 aliphatic heterocycles. The van der Waals surface area contributed by atoms with Gasteiger partial charge in [0.1, 0.15) is 10.6 Å². The second-order valence-corrected chi connectivity index (χ2v) is 7.85. The average molecular weight is 374 g/mol. The topological polar surface area (TPSA) is 88.0 Å². The minimum absolute atomic E-state index is 0.0600. The Morgan fingerprint density at radius 1 is 1.12 bits per heavy atom. The lowest BCUT2D eigenvalue weighted by Crippen LogP contribution is -2.25. The van der Waals surface area contributed by atoms with Gasteiger partial charge in [0.25, 0.3) is 5.91 Å². The Balaban J connectivity index is 1.87. The van der Waals surface area contributed by atoms with Crippen LogP contribution in [-0.2, 0) is 10.2 Å². The summed E-state index contributed by atoms with van der Waals surface area (Å²) in [6.45, 7) is 7.93. The predicted octanol–water partition coefficient (Wildman–Crippen LogP) is 3.66. The summed E-state index contributed by atoms with van der Waals surface area (Å²) in [7, 11) is 0. The molecule has 1 amide bonds. The lowest BCUT2D eigenvalue weighted by Gasteiger charge is -2.19. The number of hydrogen-bond donors (Lipinski definition) is 2. The van der Waals surface area contributed by atoms with Gasteiger partial charge >= 0.3 is 5.97 Å². The van der Waals surface area contributed by atoms with Crippen molar-refractivity contribution in [3.8, 4) is 5.75 Å². The highest BCUT2D eigenvalue weighted by atomic mass is 32.1. The zero-order valence-corrected chi connectivity index (χ0v) is 16.0. The molecule has 2 rings (SSSR count). The van der Waals surface area contributed by atoms with Crippen LogP contribution in [0.2, 0.25) is 0 Å². The molecule has 0 atom stereocenters. The standard InChI is InChI=1S/C19H22N2O4S/c1-12(15-9-10-16(26-15)18(23)24)20-21-17(22)11-25-14-7-5-13(6-8-14)19(2,3)4/h5-10H,11H2,1-4H3,(H,21,22)(H,23,24)/b20-12-. The molecule has 0 radical (unpaired) electrons. The number of carboxylic acid groups (broad SMARTS) is 1. The van der Waals surface area contributed by atoms with Crippen LogP contribution >= 0.6 is 11.3 Å². The Bertz CT molecular complexity index is 817. The molecule has 26 heavy (non-hydrogen) atoms. The van der Waals surface area contributed by atoms with Gasteiger partial charge in [-0.05, 0) is 42.2 Å². The monoisotopic (exact) mass is 374 g/mol. The Hall–Kier alpha value is -2.67. The summed E-state index contributed by atoms with van der Waals surface area (Å²) >= 11 is 1.10. The smallest absolute Gasteiger partial charge is 0.345 e. The Kier molecular flexibility index (Phi) is 6.15. The first-order valence-corrected chi connectivity index (χ1v) is 8.88. The fraction of sp³-hybridized carbons (Fsp3) is 0.316. The minimum atomic E-state index is -0.982. The van der Waals surface area contributed by atoms with Crippen LogP contribution in [0.4, 0.5) is 0 Å². The first-order valence-electron chi connectivity index (χ1n) is 8.07. The largest absolute Gasteiger partial charge is 0.484 e. The molecule has 0 spiro atoms. The van der Waals surface area contributed by atoms with Crippen molar-refractivity contribution in [3.05, 3.63) is 51.7 Å². The van der Waals surface area contributed by atoms with Gasteiger partial charge in [0, 0.05) is 0 Å². The Morgan fingerprint density at radius 2 is 1.73 bits per heavy atom. The molecular weight excluding hydrogens is 352 g/mol. The third-order valence-electron chi connectivity index (χ3n) is 3.61. The molecule has 0 fully saturated rings. The zero-order chi connectivity index (χ0) is 19.3. The van der Waals surface area contributed by atoms with Gasteiger partial charge in [-0.25, -0.2) is 10.2 Å². The van der Waals surface area contributed by atoms with E-state index in [9.17, 15) is 9.59 Å². The van der Waals surface area contributed by atoms with E-state index in [1.165, 1.54) is 11.6 Å². The Labute approximate surface area is 156 Å². The number of hydrogen-bond acceptors (Lipinski definition) is 5. The number of nitrogens with one attached hydrogen (secondary N) is 1. The summed E-state index contributed by atoms with van der Waals surface area (Å²) in [4.78, 5) is 23.6. The van der Waals surface area contributed by atoms with Gasteiger partial charge in [0.2, 0.25) is 0 Å². The van der Waals surface area contributed by atoms with Gasteiger partial charge in [-0.1, -0.05) is 32.9 Å². The van der Waals surface area contributed by atoms with E-state index in [2.05, 4.69) is 31.3 Å². The average Bonchev–Trinajstić information content (AvgIpc) is 3.08. The molecule has 1 heterocycles. The summed E-state index contributed by atoms with van der Waals surface area (Å²) < 4.78 is 5.45. The number of ether oxygens (including phenoxy) is 1. The van der Waals surface area contributed by atoms with Crippen LogP contribution in [0.5, 0.6) is 5.75 Å². The summed E-state index contributed by atoms with van der Waals surface area (Å²) in [6, 6.07) is 10.8. The van der Waals surface area contributed by atoms with E-state index in [1.54, 1.807) is 13.0 Å². The van der Waals surface area contributed by atoms with E-state index in [4.69, 9.17) is 9.84 Å². The summed E-state index contributed by atoms with van der Waals surface area (Å²) in [5.74, 6) is -0.763. The molecule has 138 valence electrons. The SMILES string of the molecule is C/C(=N/NC(=O)COc1ccc(C(C)(C)C)cc1)c1ccc(C(=O)O)s1. The fourth-order valence-corrected chi connectivity index (χ4v) is 2.87. The van der Waals surface area contributed by atoms with E-state index in [1.807, 2.05) is 24.3 Å². The molecule has 0 aliphatic rings. The Morgan fingerprint density at radius 3 is 2.27 bits per heavy atom. The number of aromatic carboxylic acids is 1. The van der Waals surface area contributed by atoms with E-state index < -0.39 is 5.97 Å². The van der Waals surface area contributed by atoms with Crippen molar-refractivity contribution in [1.82, 2.24) is 5.43 Å². The van der Waals surface area contributed by atoms with Gasteiger partial charge in [0.15, 0.2) is 6.61 Å². The number of amides is 1. The van der Waals surface area contributed by atoms with Crippen LogP contribution in [0.25, 0.3) is 0 Å². The molecule has 2 aromatic rings. The molecule has 0 aliphatic carbocycles. The molecule has 0 saturated heterocycles. The maximum absolute atomic E-state index is 11.9. The third-order valence-corrected chi connectivity index (χ3v) is 4.79. The molecule has 7 heteroatoms.